The number of aliphatic carboxylic acids is 1. The van der Waals surface area contributed by atoms with E-state index in [1.54, 1.807) is 6.92 Å². The van der Waals surface area contributed by atoms with Crippen LogP contribution in [0, 0.1) is 11.8 Å². The molecule has 156 valence electrons. The fourth-order valence-corrected chi connectivity index (χ4v) is 3.33. The highest BCUT2D eigenvalue weighted by molar-refractivity contribution is 6.49. The molecule has 0 spiro atoms. The smallest absolute Gasteiger partial charge is 0.328 e. The summed E-state index contributed by atoms with van der Waals surface area (Å²) in [6.07, 6.45) is 5.82. The molecule has 0 amide bonds. The maximum Gasteiger partial charge on any atom is 0.328 e. The first-order valence-electron chi connectivity index (χ1n) is 9.23. The lowest BCUT2D eigenvalue weighted by Crippen LogP contribution is -2.52. The molecule has 0 radical (unpaired) electrons. The molecule has 1 aliphatic heterocycles. The van der Waals surface area contributed by atoms with Gasteiger partial charge in [0.1, 0.15) is 12.0 Å². The summed E-state index contributed by atoms with van der Waals surface area (Å²) in [4.78, 5) is 48.9. The molecule has 2 aliphatic rings. The number of allylic oxidation sites excluding steroid dienone is 3. The zero-order chi connectivity index (χ0) is 21.9. The number of ketones is 2. The van der Waals surface area contributed by atoms with Gasteiger partial charge in [-0.05, 0) is 31.4 Å². The third kappa shape index (κ3) is 4.67. The van der Waals surface area contributed by atoms with Gasteiger partial charge in [-0.25, -0.2) is 4.79 Å². The molecule has 0 saturated carbocycles. The lowest BCUT2D eigenvalue weighted by atomic mass is 9.80. The van der Waals surface area contributed by atoms with Crippen molar-refractivity contribution in [2.75, 3.05) is 0 Å². The first-order chi connectivity index (χ1) is 13.5. The Kier molecular flexibility index (Phi) is 6.85. The van der Waals surface area contributed by atoms with Crippen molar-refractivity contribution in [1.29, 1.82) is 0 Å². The molecule has 8 heteroatoms. The Bertz CT molecular complexity index is 877. The number of rotatable bonds is 7. The fourth-order valence-electron chi connectivity index (χ4n) is 3.00. The van der Waals surface area contributed by atoms with Crippen molar-refractivity contribution >= 4 is 35.1 Å². The van der Waals surface area contributed by atoms with E-state index in [0.717, 1.165) is 24.8 Å². The van der Waals surface area contributed by atoms with Crippen molar-refractivity contribution < 1.29 is 33.8 Å². The molecular weight excluding hydrogens is 400 g/mol. The summed E-state index contributed by atoms with van der Waals surface area (Å²) in [6, 6.07) is 0. The number of hydrogen-bond donors (Lipinski definition) is 1. The third-order valence-corrected chi connectivity index (χ3v) is 5.36. The SMILES string of the molecule is CC[C@H](C)C[C@H](C)C(=O)O[C@@]1(C)C(=O)C2=COC(C=CC(=O)O)=CC2=C(Cl)C1=O. The molecule has 0 aromatic heterocycles. The Labute approximate surface area is 173 Å². The summed E-state index contributed by atoms with van der Waals surface area (Å²) in [5.41, 5.74) is -2.01. The number of fused-ring (bicyclic) bond motifs is 1. The highest BCUT2D eigenvalue weighted by Crippen LogP contribution is 2.39. The van der Waals surface area contributed by atoms with Gasteiger partial charge in [-0.2, -0.15) is 0 Å². The van der Waals surface area contributed by atoms with Gasteiger partial charge in [0.05, 0.1) is 16.5 Å². The van der Waals surface area contributed by atoms with Crippen molar-refractivity contribution in [1.82, 2.24) is 0 Å². The van der Waals surface area contributed by atoms with E-state index >= 15 is 0 Å². The Morgan fingerprint density at radius 1 is 1.31 bits per heavy atom. The number of esters is 1. The summed E-state index contributed by atoms with van der Waals surface area (Å²) in [7, 11) is 0. The molecule has 0 unspecified atom stereocenters. The van der Waals surface area contributed by atoms with E-state index in [1.807, 2.05) is 13.8 Å². The monoisotopic (exact) mass is 422 g/mol. The van der Waals surface area contributed by atoms with Crippen molar-refractivity contribution in [3.8, 4) is 0 Å². The topological polar surface area (TPSA) is 107 Å². The molecule has 0 fully saturated rings. The van der Waals surface area contributed by atoms with Gasteiger partial charge in [0.15, 0.2) is 0 Å². The van der Waals surface area contributed by atoms with Crippen LogP contribution in [-0.2, 0) is 28.7 Å². The second-order valence-electron chi connectivity index (χ2n) is 7.36. The standard InChI is InChI=1S/C21H23ClO7/c1-5-11(2)8-12(3)20(27)29-21(4)18(25)15-10-28-13(6-7-16(23)24)9-14(15)17(22)19(21)26/h6-7,9-12H,5,8H2,1-4H3,(H,23,24)/t11-,12-,21-/m0/s1. The quantitative estimate of drug-likeness (QED) is 0.380. The van der Waals surface area contributed by atoms with Gasteiger partial charge >= 0.3 is 11.9 Å². The lowest BCUT2D eigenvalue weighted by Gasteiger charge is -2.33. The van der Waals surface area contributed by atoms with Gasteiger partial charge in [0, 0.05) is 11.6 Å². The van der Waals surface area contributed by atoms with Crippen LogP contribution in [0.5, 0.6) is 0 Å². The second kappa shape index (κ2) is 8.78. The van der Waals surface area contributed by atoms with E-state index in [9.17, 15) is 19.2 Å². The molecule has 0 aromatic carbocycles. The Hall–Kier alpha value is -2.67. The summed E-state index contributed by atoms with van der Waals surface area (Å²) in [5.74, 6) is -3.53. The van der Waals surface area contributed by atoms with E-state index in [2.05, 4.69) is 0 Å². The van der Waals surface area contributed by atoms with E-state index in [0.29, 0.717) is 6.42 Å². The minimum Gasteiger partial charge on any atom is -0.478 e. The van der Waals surface area contributed by atoms with Crippen LogP contribution in [0.3, 0.4) is 0 Å². The summed E-state index contributed by atoms with van der Waals surface area (Å²) >= 11 is 6.19. The molecule has 7 nitrogen and oxygen atoms in total. The first-order valence-corrected chi connectivity index (χ1v) is 9.61. The normalized spacial score (nSPS) is 23.8. The van der Waals surface area contributed by atoms with Gasteiger partial charge in [0.2, 0.25) is 17.2 Å². The van der Waals surface area contributed by atoms with Crippen molar-refractivity contribution in [2.24, 2.45) is 11.8 Å². The zero-order valence-corrected chi connectivity index (χ0v) is 17.4. The number of carboxylic acids is 1. The molecule has 29 heavy (non-hydrogen) atoms. The highest BCUT2D eigenvalue weighted by atomic mass is 35.5. The largest absolute Gasteiger partial charge is 0.478 e. The average molecular weight is 423 g/mol. The average Bonchev–Trinajstić information content (AvgIpc) is 2.68. The van der Waals surface area contributed by atoms with Crippen LogP contribution < -0.4 is 0 Å². The van der Waals surface area contributed by atoms with Crippen molar-refractivity contribution in [3.05, 3.63) is 46.4 Å². The first kappa shape index (κ1) is 22.6. The zero-order valence-electron chi connectivity index (χ0n) is 16.7. The van der Waals surface area contributed by atoms with Crippen LogP contribution >= 0.6 is 11.6 Å². The predicted octanol–water partition coefficient (Wildman–Crippen LogP) is 3.44. The number of ether oxygens (including phenoxy) is 2. The van der Waals surface area contributed by atoms with Gasteiger partial charge < -0.3 is 14.6 Å². The van der Waals surface area contributed by atoms with Crippen molar-refractivity contribution in [2.45, 2.75) is 46.1 Å². The number of carbonyl (C=O) groups excluding carboxylic acids is 3. The van der Waals surface area contributed by atoms with E-state index in [1.165, 1.54) is 13.0 Å². The predicted molar refractivity (Wildman–Crippen MR) is 105 cm³/mol. The fraction of sp³-hybridized carbons (Fsp3) is 0.429. The van der Waals surface area contributed by atoms with Gasteiger partial charge in [-0.1, -0.05) is 38.8 Å². The van der Waals surface area contributed by atoms with E-state index < -0.39 is 35.0 Å². The third-order valence-electron chi connectivity index (χ3n) is 4.99. The molecular formula is C21H23ClO7. The number of hydrogen-bond acceptors (Lipinski definition) is 6. The van der Waals surface area contributed by atoms with Crippen LogP contribution in [0.15, 0.2) is 46.4 Å². The second-order valence-corrected chi connectivity index (χ2v) is 7.74. The molecule has 0 saturated heterocycles. The lowest BCUT2D eigenvalue weighted by molar-refractivity contribution is -0.172. The number of Topliss-reactive ketones (excluding diaryl/α,β-unsaturated/α-hetero) is 2. The summed E-state index contributed by atoms with van der Waals surface area (Å²) < 4.78 is 10.6. The van der Waals surface area contributed by atoms with E-state index in [-0.39, 0.29) is 27.9 Å². The molecule has 3 atom stereocenters. The molecule has 1 N–H and O–H groups in total. The van der Waals surface area contributed by atoms with Gasteiger partial charge in [0.25, 0.3) is 0 Å². The Balaban J connectivity index is 2.32. The van der Waals surface area contributed by atoms with Crippen LogP contribution in [0.4, 0.5) is 0 Å². The van der Waals surface area contributed by atoms with Gasteiger partial charge in [-0.3, -0.25) is 14.4 Å². The highest BCUT2D eigenvalue weighted by Gasteiger charge is 2.53. The van der Waals surface area contributed by atoms with Crippen LogP contribution in [0.2, 0.25) is 0 Å². The number of carbonyl (C=O) groups is 4. The minimum absolute atomic E-state index is 0.0213. The number of carboxylic acid groups (broad SMARTS) is 1. The molecule has 1 heterocycles. The maximum absolute atomic E-state index is 13.0. The van der Waals surface area contributed by atoms with Crippen LogP contribution in [0.25, 0.3) is 0 Å². The molecule has 0 aromatic rings. The van der Waals surface area contributed by atoms with Crippen LogP contribution in [0.1, 0.15) is 40.5 Å². The minimum atomic E-state index is -2.08. The molecule has 0 bridgehead atoms. The van der Waals surface area contributed by atoms with Crippen molar-refractivity contribution in [3.63, 3.8) is 0 Å². The summed E-state index contributed by atoms with van der Waals surface area (Å²) in [5, 5.41) is 8.41. The Morgan fingerprint density at radius 3 is 2.55 bits per heavy atom. The Morgan fingerprint density at radius 2 is 1.97 bits per heavy atom. The number of halogens is 1. The summed E-state index contributed by atoms with van der Waals surface area (Å²) in [6.45, 7) is 6.91. The van der Waals surface area contributed by atoms with Gasteiger partial charge in [-0.15, -0.1) is 0 Å². The van der Waals surface area contributed by atoms with Crippen LogP contribution in [-0.4, -0.2) is 34.2 Å². The molecule has 2 rings (SSSR count). The maximum atomic E-state index is 13.0. The molecule has 1 aliphatic carbocycles. The van der Waals surface area contributed by atoms with E-state index in [4.69, 9.17) is 26.2 Å².